The Balaban J connectivity index is 1.72. The Bertz CT molecular complexity index is 1270. The van der Waals surface area contributed by atoms with Gasteiger partial charge in [-0.3, -0.25) is 14.2 Å². The Morgan fingerprint density at radius 2 is 1.89 bits per heavy atom. The van der Waals surface area contributed by atoms with Crippen LogP contribution in [0.3, 0.4) is 0 Å². The van der Waals surface area contributed by atoms with Crippen LogP contribution in [0, 0.1) is 19.7 Å². The number of nitrogens with zero attached hydrogens (tertiary/aromatic N) is 4. The van der Waals surface area contributed by atoms with Gasteiger partial charge in [0.1, 0.15) is 12.1 Å². The van der Waals surface area contributed by atoms with Gasteiger partial charge < -0.3 is 4.57 Å². The molecule has 4 rings (SSSR count). The summed E-state index contributed by atoms with van der Waals surface area (Å²) < 4.78 is 17.2. The third-order valence-corrected chi connectivity index (χ3v) is 4.74. The largest absolute Gasteiger partial charge is 0.315 e. The average molecular weight is 376 g/mol. The maximum absolute atomic E-state index is 14.2. The van der Waals surface area contributed by atoms with Crippen LogP contribution in [0.5, 0.6) is 0 Å². The van der Waals surface area contributed by atoms with Crippen LogP contribution >= 0.6 is 0 Å². The van der Waals surface area contributed by atoms with Crippen LogP contribution < -0.4 is 5.56 Å². The average Bonchev–Trinajstić information content (AvgIpc) is 2.99. The number of halogens is 1. The fourth-order valence-electron chi connectivity index (χ4n) is 3.40. The number of para-hydroxylation sites is 1. The lowest BCUT2D eigenvalue weighted by molar-refractivity contribution is 0.0970. The number of aromatic nitrogens is 4. The monoisotopic (exact) mass is 376 g/mol. The van der Waals surface area contributed by atoms with Gasteiger partial charge in [0, 0.05) is 23.1 Å². The van der Waals surface area contributed by atoms with Crippen LogP contribution in [-0.2, 0) is 6.54 Å². The summed E-state index contributed by atoms with van der Waals surface area (Å²) in [5, 5.41) is 0.356. The number of Topliss-reactive ketones (excluding diaryl/α,β-unsaturated/α-hetero) is 1. The van der Waals surface area contributed by atoms with Crippen LogP contribution in [0.15, 0.2) is 59.8 Å². The van der Waals surface area contributed by atoms with E-state index < -0.39 is 0 Å². The molecule has 0 aliphatic heterocycles. The molecule has 0 atom stereocenters. The predicted octanol–water partition coefficient (Wildman–Crippen LogP) is 3.22. The lowest BCUT2D eigenvalue weighted by Gasteiger charge is -2.11. The van der Waals surface area contributed by atoms with E-state index in [0.717, 1.165) is 5.69 Å². The van der Waals surface area contributed by atoms with Gasteiger partial charge in [0.05, 0.1) is 17.6 Å². The Labute approximate surface area is 159 Å². The van der Waals surface area contributed by atoms with Crippen LogP contribution in [0.1, 0.15) is 21.7 Å². The van der Waals surface area contributed by atoms with Crippen molar-refractivity contribution in [1.82, 2.24) is 19.1 Å². The van der Waals surface area contributed by atoms with Gasteiger partial charge in [-0.05, 0) is 44.2 Å². The summed E-state index contributed by atoms with van der Waals surface area (Å²) in [6.45, 7) is 3.42. The van der Waals surface area contributed by atoms with Crippen LogP contribution in [0.2, 0.25) is 0 Å². The van der Waals surface area contributed by atoms with Crippen molar-refractivity contribution in [2.45, 2.75) is 20.4 Å². The minimum atomic E-state index is -0.370. The molecule has 0 saturated carbocycles. The molecule has 0 radical (unpaired) electrons. The molecular formula is C21H17FN4O2. The Morgan fingerprint density at radius 1 is 1.11 bits per heavy atom. The Kier molecular flexibility index (Phi) is 4.35. The van der Waals surface area contributed by atoms with E-state index in [-0.39, 0.29) is 23.7 Å². The zero-order chi connectivity index (χ0) is 19.8. The molecule has 3 aromatic heterocycles. The zero-order valence-corrected chi connectivity index (χ0v) is 15.4. The third-order valence-electron chi connectivity index (χ3n) is 4.74. The molecule has 0 N–H and O–H groups in total. The first-order valence-corrected chi connectivity index (χ1v) is 8.74. The molecule has 1 aromatic carbocycles. The molecule has 0 fully saturated rings. The molecule has 6 nitrogen and oxygen atoms in total. The fourth-order valence-corrected chi connectivity index (χ4v) is 3.40. The molecule has 0 spiro atoms. The lowest BCUT2D eigenvalue weighted by Crippen LogP contribution is -2.25. The standard InChI is InChI=1S/C21H17FN4O2/c1-13-10-16(14(2)26(13)18-8-4-3-7-17(18)22)19(27)11-25-12-24-20-15(21(25)28)6-5-9-23-20/h3-10,12H,11H2,1-2H3. The second kappa shape index (κ2) is 6.84. The van der Waals surface area contributed by atoms with Gasteiger partial charge in [0.25, 0.3) is 5.56 Å². The highest BCUT2D eigenvalue weighted by Crippen LogP contribution is 2.23. The summed E-state index contributed by atoms with van der Waals surface area (Å²) in [6.07, 6.45) is 2.88. The molecule has 140 valence electrons. The van der Waals surface area contributed by atoms with Gasteiger partial charge in [-0.15, -0.1) is 0 Å². The van der Waals surface area contributed by atoms with Gasteiger partial charge in [0.2, 0.25) is 0 Å². The van der Waals surface area contributed by atoms with Crippen molar-refractivity contribution in [2.75, 3.05) is 0 Å². The Hall–Kier alpha value is -3.61. The van der Waals surface area contributed by atoms with E-state index in [9.17, 15) is 14.0 Å². The van der Waals surface area contributed by atoms with Gasteiger partial charge >= 0.3 is 0 Å². The van der Waals surface area contributed by atoms with Crippen molar-refractivity contribution < 1.29 is 9.18 Å². The normalized spacial score (nSPS) is 11.1. The first-order valence-electron chi connectivity index (χ1n) is 8.74. The summed E-state index contributed by atoms with van der Waals surface area (Å²) in [7, 11) is 0. The zero-order valence-electron chi connectivity index (χ0n) is 15.4. The van der Waals surface area contributed by atoms with E-state index in [1.54, 1.807) is 54.1 Å². The predicted molar refractivity (Wildman–Crippen MR) is 103 cm³/mol. The van der Waals surface area contributed by atoms with Crippen molar-refractivity contribution >= 4 is 16.8 Å². The quantitative estimate of drug-likeness (QED) is 0.513. The number of benzene rings is 1. The SMILES string of the molecule is Cc1cc(C(=O)Cn2cnc3ncccc3c2=O)c(C)n1-c1ccccc1F. The van der Waals surface area contributed by atoms with E-state index in [1.807, 2.05) is 6.92 Å². The number of rotatable bonds is 4. The number of pyridine rings is 1. The van der Waals surface area contributed by atoms with Crippen molar-refractivity contribution in [3.63, 3.8) is 0 Å². The molecule has 7 heteroatoms. The maximum atomic E-state index is 14.2. The first kappa shape index (κ1) is 17.8. The molecule has 0 bridgehead atoms. The van der Waals surface area contributed by atoms with Crippen LogP contribution in [0.25, 0.3) is 16.7 Å². The number of hydrogen-bond acceptors (Lipinski definition) is 4. The molecule has 28 heavy (non-hydrogen) atoms. The molecule has 0 aliphatic rings. The van der Waals surface area contributed by atoms with Crippen molar-refractivity contribution in [3.8, 4) is 5.69 Å². The second-order valence-electron chi connectivity index (χ2n) is 6.55. The van der Waals surface area contributed by atoms with Crippen molar-refractivity contribution in [1.29, 1.82) is 0 Å². The highest BCUT2D eigenvalue weighted by atomic mass is 19.1. The van der Waals surface area contributed by atoms with E-state index in [2.05, 4.69) is 9.97 Å². The fraction of sp³-hybridized carbons (Fsp3) is 0.143. The lowest BCUT2D eigenvalue weighted by atomic mass is 10.1. The maximum Gasteiger partial charge on any atom is 0.263 e. The summed E-state index contributed by atoms with van der Waals surface area (Å²) in [6, 6.07) is 11.4. The van der Waals surface area contributed by atoms with E-state index in [4.69, 9.17) is 0 Å². The van der Waals surface area contributed by atoms with E-state index in [0.29, 0.717) is 28.0 Å². The van der Waals surface area contributed by atoms with Gasteiger partial charge in [-0.25, -0.2) is 14.4 Å². The number of carbonyl (C=O) groups is 1. The summed E-state index contributed by atoms with van der Waals surface area (Å²) in [4.78, 5) is 33.7. The number of hydrogen-bond donors (Lipinski definition) is 0. The highest BCUT2D eigenvalue weighted by molar-refractivity contribution is 5.97. The molecule has 0 amide bonds. The van der Waals surface area contributed by atoms with Crippen molar-refractivity contribution in [3.05, 3.63) is 88.1 Å². The van der Waals surface area contributed by atoms with E-state index in [1.165, 1.54) is 17.0 Å². The van der Waals surface area contributed by atoms with Gasteiger partial charge in [-0.1, -0.05) is 12.1 Å². The van der Waals surface area contributed by atoms with Crippen LogP contribution in [-0.4, -0.2) is 24.9 Å². The summed E-state index contributed by atoms with van der Waals surface area (Å²) >= 11 is 0. The van der Waals surface area contributed by atoms with Crippen molar-refractivity contribution in [2.24, 2.45) is 0 Å². The van der Waals surface area contributed by atoms with E-state index >= 15 is 0 Å². The van der Waals surface area contributed by atoms with Gasteiger partial charge in [0.15, 0.2) is 11.4 Å². The number of carbonyl (C=O) groups excluding carboxylic acids is 1. The topological polar surface area (TPSA) is 69.8 Å². The molecule has 4 aromatic rings. The summed E-state index contributed by atoms with van der Waals surface area (Å²) in [5.74, 6) is -0.617. The second-order valence-corrected chi connectivity index (χ2v) is 6.55. The minimum absolute atomic E-state index is 0.155. The third kappa shape index (κ3) is 2.90. The molecule has 0 saturated heterocycles. The number of ketones is 1. The first-order chi connectivity index (χ1) is 13.5. The highest BCUT2D eigenvalue weighted by Gasteiger charge is 2.19. The summed E-state index contributed by atoms with van der Waals surface area (Å²) in [5.41, 5.74) is 2.20. The smallest absolute Gasteiger partial charge is 0.263 e. The molecule has 3 heterocycles. The minimum Gasteiger partial charge on any atom is -0.315 e. The molecular weight excluding hydrogens is 359 g/mol. The number of fused-ring (bicyclic) bond motifs is 1. The molecule has 0 aliphatic carbocycles. The Morgan fingerprint density at radius 3 is 2.68 bits per heavy atom. The van der Waals surface area contributed by atoms with Crippen LogP contribution in [0.4, 0.5) is 4.39 Å². The molecule has 0 unspecified atom stereocenters. The van der Waals surface area contributed by atoms with Gasteiger partial charge in [-0.2, -0.15) is 0 Å². The number of aryl methyl sites for hydroxylation is 1.